The van der Waals surface area contributed by atoms with Crippen LogP contribution in [0.1, 0.15) is 57.3 Å². The highest BCUT2D eigenvalue weighted by Gasteiger charge is 2.41. The number of aldehydes is 1. The number of benzene rings is 6. The summed E-state index contributed by atoms with van der Waals surface area (Å²) in [5.74, 6) is -1.79. The molecule has 22 heteroatoms. The van der Waals surface area contributed by atoms with Crippen molar-refractivity contribution < 1.29 is 57.8 Å². The van der Waals surface area contributed by atoms with E-state index in [2.05, 4.69) is 0 Å². The Bertz CT molecular complexity index is 3110. The molecule has 2 aliphatic heterocycles. The molecule has 0 N–H and O–H groups in total. The molecule has 0 aromatic heterocycles. The van der Waals surface area contributed by atoms with Crippen LogP contribution in [0.5, 0.6) is 23.0 Å². The van der Waals surface area contributed by atoms with E-state index in [4.69, 9.17) is 18.9 Å². The highest BCUT2D eigenvalue weighted by Crippen LogP contribution is 2.42. The van der Waals surface area contributed by atoms with Crippen LogP contribution in [0.4, 0.5) is 34.1 Å². The molecule has 1 unspecified atom stereocenters. The number of carbonyl (C=O) groups is 4. The highest BCUT2D eigenvalue weighted by molar-refractivity contribution is 6.14. The zero-order valence-corrected chi connectivity index (χ0v) is 37.8. The van der Waals surface area contributed by atoms with E-state index >= 15 is 0 Å². The molecule has 6 aromatic rings. The molecule has 0 saturated carbocycles. The van der Waals surface area contributed by atoms with Gasteiger partial charge >= 0.3 is 0 Å². The van der Waals surface area contributed by atoms with E-state index in [0.717, 1.165) is 33.1 Å². The molecule has 0 fully saturated rings. The minimum Gasteiger partial charge on any atom is -0.493 e. The van der Waals surface area contributed by atoms with Gasteiger partial charge in [0.2, 0.25) is 0 Å². The predicted molar refractivity (Wildman–Crippen MR) is 259 cm³/mol. The first-order chi connectivity index (χ1) is 34.0. The summed E-state index contributed by atoms with van der Waals surface area (Å²) in [6, 6.07) is 28.8. The molecule has 2 aliphatic rings. The summed E-state index contributed by atoms with van der Waals surface area (Å²) < 4.78 is 22.1. The van der Waals surface area contributed by atoms with E-state index in [1.54, 1.807) is 0 Å². The molecule has 22 nitrogen and oxygen atoms in total. The van der Waals surface area contributed by atoms with Gasteiger partial charge in [0, 0.05) is 49.2 Å². The van der Waals surface area contributed by atoms with Crippen LogP contribution >= 0.6 is 0 Å². The third-order valence-corrected chi connectivity index (χ3v) is 11.5. The number of Topliss-reactive ketones (excluding diaryl/α,β-unsaturated/α-hetero) is 1. The summed E-state index contributed by atoms with van der Waals surface area (Å²) in [5.41, 5.74) is 0.712. The zero-order chi connectivity index (χ0) is 51.1. The second-order valence-corrected chi connectivity index (χ2v) is 15.8. The minimum absolute atomic E-state index is 0. The molecule has 2 atom stereocenters. The largest absolute Gasteiger partial charge is 0.493 e. The predicted octanol–water partition coefficient (Wildman–Crippen LogP) is 8.75. The number of ketones is 1. The third-order valence-electron chi connectivity index (χ3n) is 11.5. The SMILES string of the molecule is C.COc1cc(C(=O)N2c3cc([N+](=O)[O-])ccc3CC2C=O)c([N+](=O)[O-])cc1OCc1ccccc1.COc1cc(C(=O)N2c3cc([N+](=O)[O-])ccc3C[C@H]2C(C)=O)c([N+](=O)[O-])cc1OCc1ccccc1. The van der Waals surface area contributed by atoms with Crippen molar-refractivity contribution in [3.8, 4) is 23.0 Å². The lowest BCUT2D eigenvalue weighted by molar-refractivity contribution is -0.385. The fourth-order valence-electron chi connectivity index (χ4n) is 8.05. The fraction of sp³-hybridized carbons (Fsp3) is 0.200. The molecule has 370 valence electrons. The Morgan fingerprint density at radius 1 is 0.569 bits per heavy atom. The number of methoxy groups -OCH3 is 2. The molecular weight excluding hydrogens is 941 g/mol. The van der Waals surface area contributed by atoms with Crippen LogP contribution in [0.2, 0.25) is 0 Å². The van der Waals surface area contributed by atoms with Crippen molar-refractivity contribution in [2.24, 2.45) is 0 Å². The monoisotopic (exact) mass is 984 g/mol. The Labute approximate surface area is 409 Å². The number of rotatable bonds is 16. The van der Waals surface area contributed by atoms with Crippen LogP contribution in [0.25, 0.3) is 0 Å². The highest BCUT2D eigenvalue weighted by atomic mass is 16.6. The first kappa shape index (κ1) is 51.8. The average molecular weight is 985 g/mol. The number of ether oxygens (including phenoxy) is 4. The Morgan fingerprint density at radius 3 is 1.38 bits per heavy atom. The maximum Gasteiger partial charge on any atom is 0.286 e. The van der Waals surface area contributed by atoms with Gasteiger partial charge in [0.15, 0.2) is 28.8 Å². The summed E-state index contributed by atoms with van der Waals surface area (Å²) in [6.07, 6.45) is 0.799. The van der Waals surface area contributed by atoms with Gasteiger partial charge in [-0.05, 0) is 29.2 Å². The number of nitro groups is 4. The number of amides is 2. The summed E-state index contributed by atoms with van der Waals surface area (Å²) in [6.45, 7) is 1.51. The number of non-ortho nitro benzene ring substituents is 2. The number of carbonyl (C=O) groups excluding carboxylic acids is 4. The molecule has 0 saturated heterocycles. The normalized spacial score (nSPS) is 14.0. The van der Waals surface area contributed by atoms with E-state index in [9.17, 15) is 59.6 Å². The minimum atomic E-state index is -0.973. The van der Waals surface area contributed by atoms with Gasteiger partial charge in [0.1, 0.15) is 30.6 Å². The summed E-state index contributed by atoms with van der Waals surface area (Å²) in [4.78, 5) is 97.2. The number of hydrogen-bond donors (Lipinski definition) is 0. The van der Waals surface area contributed by atoms with Crippen LogP contribution in [0.15, 0.2) is 121 Å². The Hall–Kier alpha value is -9.60. The van der Waals surface area contributed by atoms with Gasteiger partial charge < -0.3 is 23.7 Å². The second-order valence-electron chi connectivity index (χ2n) is 15.8. The molecular formula is C50H44N6O16. The number of nitrogens with zero attached hydrogens (tertiary/aromatic N) is 6. The lowest BCUT2D eigenvalue weighted by atomic mass is 10.1. The van der Waals surface area contributed by atoms with Gasteiger partial charge in [0.05, 0.1) is 69.5 Å². The van der Waals surface area contributed by atoms with Gasteiger partial charge in [-0.25, -0.2) is 0 Å². The van der Waals surface area contributed by atoms with Gasteiger partial charge in [-0.15, -0.1) is 0 Å². The molecule has 72 heavy (non-hydrogen) atoms. The van der Waals surface area contributed by atoms with Crippen LogP contribution in [-0.2, 0) is 35.6 Å². The molecule has 0 radical (unpaired) electrons. The molecule has 0 spiro atoms. The second kappa shape index (κ2) is 22.2. The number of hydrogen-bond acceptors (Lipinski definition) is 16. The maximum atomic E-state index is 13.7. The van der Waals surface area contributed by atoms with E-state index in [1.165, 1.54) is 69.7 Å². The van der Waals surface area contributed by atoms with Crippen molar-refractivity contribution in [2.75, 3.05) is 24.0 Å². The third kappa shape index (κ3) is 10.8. The van der Waals surface area contributed by atoms with E-state index in [1.807, 2.05) is 60.7 Å². The van der Waals surface area contributed by atoms with E-state index in [0.29, 0.717) is 17.4 Å². The molecule has 0 aliphatic carbocycles. The Morgan fingerprint density at radius 2 is 0.986 bits per heavy atom. The number of anilines is 2. The fourth-order valence-corrected chi connectivity index (χ4v) is 8.05. The van der Waals surface area contributed by atoms with Gasteiger partial charge in [-0.3, -0.25) is 64.6 Å². The lowest BCUT2D eigenvalue weighted by Crippen LogP contribution is -2.42. The lowest BCUT2D eigenvalue weighted by Gasteiger charge is -2.24. The number of nitro benzene ring substituents is 4. The Kier molecular flexibility index (Phi) is 16.0. The molecule has 6 aromatic carbocycles. The molecule has 8 rings (SSSR count). The molecule has 2 amide bonds. The van der Waals surface area contributed by atoms with Crippen LogP contribution < -0.4 is 28.7 Å². The van der Waals surface area contributed by atoms with Gasteiger partial charge in [0.25, 0.3) is 34.6 Å². The van der Waals surface area contributed by atoms with Crippen molar-refractivity contribution in [1.29, 1.82) is 0 Å². The van der Waals surface area contributed by atoms with Crippen molar-refractivity contribution in [3.05, 3.63) is 195 Å². The van der Waals surface area contributed by atoms with Crippen molar-refractivity contribution in [3.63, 3.8) is 0 Å². The van der Waals surface area contributed by atoms with Gasteiger partial charge in [-0.1, -0.05) is 80.2 Å². The van der Waals surface area contributed by atoms with Gasteiger partial charge in [-0.2, -0.15) is 0 Å². The number of fused-ring (bicyclic) bond motifs is 2. The maximum absolute atomic E-state index is 13.7. The van der Waals surface area contributed by atoms with Crippen molar-refractivity contribution in [1.82, 2.24) is 0 Å². The molecule has 0 bridgehead atoms. The molecule has 2 heterocycles. The standard InChI is InChI=1S/C25H21N3O8.C24H19N3O8.CH4/c1-15(29)20-10-17-8-9-18(27(31)32)11-21(17)26(20)25(30)19-12-23(35-2)24(13-22(19)28(33)34)36-14-16-6-4-3-5-7-16;1-34-22-11-19(21(27(32)33)12-23(22)35-14-15-5-3-2-4-6-15)24(29)25-18(13-28)9-16-7-8-17(26(30)31)10-20(16)25;/h3-9,11-13,20H,10,14H2,1-2H3;2-8,10-13,18H,9,14H2,1H3;1H4/t20-;;/m0../s1. The Balaban J connectivity index is 0.000000232. The summed E-state index contributed by atoms with van der Waals surface area (Å²) in [5, 5.41) is 46.4. The smallest absolute Gasteiger partial charge is 0.286 e. The average Bonchev–Trinajstić information content (AvgIpc) is 3.95. The summed E-state index contributed by atoms with van der Waals surface area (Å²) >= 11 is 0. The summed E-state index contributed by atoms with van der Waals surface area (Å²) in [7, 11) is 2.66. The topological polar surface area (TPSA) is 284 Å². The van der Waals surface area contributed by atoms with E-state index < -0.39 is 55.0 Å². The van der Waals surface area contributed by atoms with Crippen LogP contribution in [0, 0.1) is 40.5 Å². The first-order valence-corrected chi connectivity index (χ1v) is 21.3. The zero-order valence-electron chi connectivity index (χ0n) is 37.8. The van der Waals surface area contributed by atoms with Crippen LogP contribution in [-0.4, -0.2) is 69.9 Å². The first-order valence-electron chi connectivity index (χ1n) is 21.3. The quantitative estimate of drug-likeness (QED) is 0.0497. The van der Waals surface area contributed by atoms with Crippen molar-refractivity contribution in [2.45, 2.75) is 52.5 Å². The van der Waals surface area contributed by atoms with E-state index in [-0.39, 0.29) is 96.1 Å². The van der Waals surface area contributed by atoms with Crippen LogP contribution in [0.3, 0.4) is 0 Å². The van der Waals surface area contributed by atoms with Crippen molar-refractivity contribution >= 4 is 58.0 Å².